The van der Waals surface area contributed by atoms with Crippen LogP contribution < -0.4 is 10.6 Å². The highest BCUT2D eigenvalue weighted by molar-refractivity contribution is 5.97. The molecule has 0 radical (unpaired) electrons. The number of hydrogen-bond donors (Lipinski definition) is 2. The summed E-state index contributed by atoms with van der Waals surface area (Å²) < 4.78 is 0. The highest BCUT2D eigenvalue weighted by Crippen LogP contribution is 2.15. The minimum Gasteiger partial charge on any atom is -0.341 e. The lowest BCUT2D eigenvalue weighted by Crippen LogP contribution is -2.55. The molecule has 2 aromatic rings. The Balaban J connectivity index is 1.44. The smallest absolute Gasteiger partial charge is 0.251 e. The molecule has 3 rings (SSSR count). The summed E-state index contributed by atoms with van der Waals surface area (Å²) in [6, 6.07) is 16.1. The zero-order valence-electron chi connectivity index (χ0n) is 18.1. The summed E-state index contributed by atoms with van der Waals surface area (Å²) in [6.45, 7) is 6.35. The van der Waals surface area contributed by atoms with Gasteiger partial charge in [0.05, 0.1) is 6.54 Å². The molecule has 1 unspecified atom stereocenters. The van der Waals surface area contributed by atoms with Gasteiger partial charge in [-0.2, -0.15) is 0 Å². The second-order valence-corrected chi connectivity index (χ2v) is 7.72. The van der Waals surface area contributed by atoms with Crippen LogP contribution in [0.5, 0.6) is 0 Å². The number of amides is 3. The lowest BCUT2D eigenvalue weighted by atomic mass is 10.1. The average Bonchev–Trinajstić information content (AvgIpc) is 2.80. The molecular formula is C24H30N4O3. The normalized spacial score (nSPS) is 15.2. The fraction of sp³-hybridized carbons (Fsp3) is 0.375. The summed E-state index contributed by atoms with van der Waals surface area (Å²) in [7, 11) is 0. The Kier molecular flexibility index (Phi) is 7.78. The molecule has 1 fully saturated rings. The van der Waals surface area contributed by atoms with Crippen LogP contribution >= 0.6 is 0 Å². The van der Waals surface area contributed by atoms with Gasteiger partial charge in [-0.05, 0) is 37.1 Å². The number of hydrogen-bond acceptors (Lipinski definition) is 4. The van der Waals surface area contributed by atoms with Crippen LogP contribution in [-0.2, 0) is 16.0 Å². The Morgan fingerprint density at radius 3 is 2.26 bits per heavy atom. The van der Waals surface area contributed by atoms with E-state index < -0.39 is 6.04 Å². The van der Waals surface area contributed by atoms with E-state index in [1.54, 1.807) is 36.1 Å². The Hall–Kier alpha value is -3.19. The number of piperazine rings is 1. The molecule has 2 N–H and O–H groups in total. The molecule has 0 saturated carbocycles. The van der Waals surface area contributed by atoms with Crippen LogP contribution in [0.15, 0.2) is 54.6 Å². The van der Waals surface area contributed by atoms with Crippen LogP contribution in [0.3, 0.4) is 0 Å². The molecule has 0 aliphatic carbocycles. The molecule has 1 atom stereocenters. The molecule has 1 saturated heterocycles. The van der Waals surface area contributed by atoms with Gasteiger partial charge in [0.1, 0.15) is 6.04 Å². The molecule has 31 heavy (non-hydrogen) atoms. The van der Waals surface area contributed by atoms with Crippen LogP contribution in [0.25, 0.3) is 0 Å². The fourth-order valence-electron chi connectivity index (χ4n) is 3.67. The highest BCUT2D eigenvalue weighted by Gasteiger charge is 2.26. The molecule has 1 aliphatic heterocycles. The van der Waals surface area contributed by atoms with Crippen molar-refractivity contribution in [2.45, 2.75) is 26.3 Å². The number of anilines is 1. The van der Waals surface area contributed by atoms with Gasteiger partial charge in [0.2, 0.25) is 11.8 Å². The summed E-state index contributed by atoms with van der Waals surface area (Å²) >= 11 is 0. The summed E-state index contributed by atoms with van der Waals surface area (Å²) in [5.41, 5.74) is 2.49. The third kappa shape index (κ3) is 6.15. The van der Waals surface area contributed by atoms with Crippen molar-refractivity contribution >= 4 is 23.4 Å². The van der Waals surface area contributed by atoms with E-state index in [1.807, 2.05) is 35.2 Å². The lowest BCUT2D eigenvalue weighted by molar-refractivity contribution is -0.134. The molecule has 3 amide bonds. The molecule has 1 heterocycles. The number of para-hydroxylation sites is 1. The van der Waals surface area contributed by atoms with Gasteiger partial charge in [-0.25, -0.2) is 0 Å². The zero-order chi connectivity index (χ0) is 22.2. The Bertz CT molecular complexity index is 908. The van der Waals surface area contributed by atoms with Crippen molar-refractivity contribution in [3.8, 4) is 0 Å². The third-order valence-corrected chi connectivity index (χ3v) is 5.48. The van der Waals surface area contributed by atoms with Crippen molar-refractivity contribution in [1.82, 2.24) is 15.1 Å². The maximum Gasteiger partial charge on any atom is 0.251 e. The van der Waals surface area contributed by atoms with E-state index in [2.05, 4.69) is 17.6 Å². The topological polar surface area (TPSA) is 81.8 Å². The first kappa shape index (κ1) is 22.5. The second-order valence-electron chi connectivity index (χ2n) is 7.72. The van der Waals surface area contributed by atoms with Crippen LogP contribution in [-0.4, -0.2) is 66.3 Å². The van der Waals surface area contributed by atoms with Crippen molar-refractivity contribution in [2.24, 2.45) is 0 Å². The first-order valence-electron chi connectivity index (χ1n) is 10.7. The van der Waals surface area contributed by atoms with Crippen LogP contribution in [0.1, 0.15) is 29.8 Å². The minimum atomic E-state index is -0.604. The van der Waals surface area contributed by atoms with Crippen molar-refractivity contribution < 1.29 is 14.4 Å². The van der Waals surface area contributed by atoms with E-state index in [9.17, 15) is 14.4 Å². The van der Waals surface area contributed by atoms with Gasteiger partial charge < -0.3 is 15.5 Å². The summed E-state index contributed by atoms with van der Waals surface area (Å²) in [6.07, 6.45) is 0.857. The largest absolute Gasteiger partial charge is 0.341 e. The van der Waals surface area contributed by atoms with Crippen LogP contribution in [0.4, 0.5) is 5.69 Å². The first-order valence-corrected chi connectivity index (χ1v) is 10.7. The van der Waals surface area contributed by atoms with Crippen molar-refractivity contribution in [3.63, 3.8) is 0 Å². The SMILES string of the molecule is CCc1ccccc1NC(=O)CN1CCN(C(=O)C(C)NC(=O)c2ccccc2)CC1. The van der Waals surface area contributed by atoms with Gasteiger partial charge in [0, 0.05) is 37.4 Å². The van der Waals surface area contributed by atoms with E-state index in [0.717, 1.165) is 17.7 Å². The lowest BCUT2D eigenvalue weighted by Gasteiger charge is -2.35. The van der Waals surface area contributed by atoms with E-state index in [4.69, 9.17) is 0 Å². The standard InChI is InChI=1S/C24H30N4O3/c1-3-19-9-7-8-12-21(19)26-22(29)17-27-13-15-28(16-14-27)24(31)18(2)25-23(30)20-10-5-4-6-11-20/h4-12,18H,3,13-17H2,1-2H3,(H,25,30)(H,26,29). The number of rotatable bonds is 7. The van der Waals surface area contributed by atoms with Gasteiger partial charge in [-0.3, -0.25) is 19.3 Å². The van der Waals surface area contributed by atoms with Gasteiger partial charge in [0.25, 0.3) is 5.91 Å². The molecule has 164 valence electrons. The summed E-state index contributed by atoms with van der Waals surface area (Å²) in [5.74, 6) is -0.418. The van der Waals surface area contributed by atoms with E-state index in [-0.39, 0.29) is 17.7 Å². The Morgan fingerprint density at radius 2 is 1.58 bits per heavy atom. The van der Waals surface area contributed by atoms with Gasteiger partial charge in [0.15, 0.2) is 0 Å². The molecule has 7 nitrogen and oxygen atoms in total. The molecule has 0 bridgehead atoms. The predicted molar refractivity (Wildman–Crippen MR) is 121 cm³/mol. The highest BCUT2D eigenvalue weighted by atomic mass is 16.2. The van der Waals surface area contributed by atoms with E-state index >= 15 is 0 Å². The number of carbonyl (C=O) groups excluding carboxylic acids is 3. The minimum absolute atomic E-state index is 0.0517. The Morgan fingerprint density at radius 1 is 0.935 bits per heavy atom. The summed E-state index contributed by atoms with van der Waals surface area (Å²) in [5, 5.41) is 5.76. The third-order valence-electron chi connectivity index (χ3n) is 5.48. The van der Waals surface area contributed by atoms with E-state index in [1.165, 1.54) is 0 Å². The number of aryl methyl sites for hydroxylation is 1. The van der Waals surface area contributed by atoms with Crippen molar-refractivity contribution in [2.75, 3.05) is 38.0 Å². The average molecular weight is 423 g/mol. The molecule has 0 aromatic heterocycles. The molecule has 1 aliphatic rings. The number of nitrogens with one attached hydrogen (secondary N) is 2. The molecule has 2 aromatic carbocycles. The van der Waals surface area contributed by atoms with Crippen LogP contribution in [0, 0.1) is 0 Å². The van der Waals surface area contributed by atoms with E-state index in [0.29, 0.717) is 38.3 Å². The Labute approximate surface area is 183 Å². The van der Waals surface area contributed by atoms with Crippen molar-refractivity contribution in [1.29, 1.82) is 0 Å². The first-order chi connectivity index (χ1) is 15.0. The quantitative estimate of drug-likeness (QED) is 0.716. The molecule has 7 heteroatoms. The molecular weight excluding hydrogens is 392 g/mol. The monoisotopic (exact) mass is 422 g/mol. The summed E-state index contributed by atoms with van der Waals surface area (Å²) in [4.78, 5) is 41.2. The molecule has 0 spiro atoms. The van der Waals surface area contributed by atoms with Gasteiger partial charge >= 0.3 is 0 Å². The predicted octanol–water partition coefficient (Wildman–Crippen LogP) is 2.15. The van der Waals surface area contributed by atoms with Gasteiger partial charge in [-0.15, -0.1) is 0 Å². The number of carbonyl (C=O) groups is 3. The van der Waals surface area contributed by atoms with Crippen LogP contribution in [0.2, 0.25) is 0 Å². The zero-order valence-corrected chi connectivity index (χ0v) is 18.1. The number of nitrogens with zero attached hydrogens (tertiary/aromatic N) is 2. The second kappa shape index (κ2) is 10.7. The number of benzene rings is 2. The maximum atomic E-state index is 12.7. The van der Waals surface area contributed by atoms with Gasteiger partial charge in [-0.1, -0.05) is 43.3 Å². The fourth-order valence-corrected chi connectivity index (χ4v) is 3.67. The van der Waals surface area contributed by atoms with Crippen molar-refractivity contribution in [3.05, 3.63) is 65.7 Å². The maximum absolute atomic E-state index is 12.7.